The highest BCUT2D eigenvalue weighted by Crippen LogP contribution is 2.55. The van der Waals surface area contributed by atoms with Gasteiger partial charge in [-0.15, -0.1) is 0 Å². The molecule has 10 heteroatoms. The molecule has 7 aliphatic rings. The minimum absolute atomic E-state index is 0.00177. The number of nitrogens with one attached hydrogen (secondary N) is 4. The summed E-state index contributed by atoms with van der Waals surface area (Å²) in [5.74, 6) is 0.372. The van der Waals surface area contributed by atoms with E-state index in [0.29, 0.717) is 37.1 Å². The smallest absolute Gasteiger partial charge is 0.315 e. The molecule has 244 valence electrons. The second kappa shape index (κ2) is 11.9. The van der Waals surface area contributed by atoms with Gasteiger partial charge >= 0.3 is 6.03 Å². The molecule has 0 aromatic heterocycles. The van der Waals surface area contributed by atoms with E-state index in [1.165, 1.54) is 19.3 Å². The first kappa shape index (κ1) is 31.3. The zero-order chi connectivity index (χ0) is 31.4. The molecule has 4 bridgehead atoms. The molecule has 0 spiro atoms. The van der Waals surface area contributed by atoms with Crippen LogP contribution in [0.15, 0.2) is 0 Å². The van der Waals surface area contributed by atoms with Crippen LogP contribution in [0.4, 0.5) is 4.79 Å². The summed E-state index contributed by atoms with van der Waals surface area (Å²) in [7, 11) is 0. The van der Waals surface area contributed by atoms with E-state index in [-0.39, 0.29) is 41.3 Å². The molecule has 7 fully saturated rings. The number of hydrogen-bond acceptors (Lipinski definition) is 5. The van der Waals surface area contributed by atoms with Crippen molar-refractivity contribution in [2.45, 2.75) is 141 Å². The van der Waals surface area contributed by atoms with E-state index in [1.54, 1.807) is 4.90 Å². The Morgan fingerprint density at radius 3 is 2.09 bits per heavy atom. The number of carbonyl (C=O) groups is 5. The highest BCUT2D eigenvalue weighted by Gasteiger charge is 2.54. The standard InChI is InChI=1S/C34H53N5O5/c1-5-7-25(27(40)30(42)35-23-10-11-23)36-29(41)26-24-9-6-8-22(24)18-39(26)31(43)28(33(2,3)4)37-32(44)38-34-15-19-12-20(16-34)14-21(13-19)17-34/h19-26,28H,5-18H2,1-4H3,(H,35,42)(H,36,41)(H2,37,38,44)/t19?,20?,21?,22-,24-,25-,26-,28+,34?/m0/s1. The average Bonchev–Trinajstić information content (AvgIpc) is 3.49. The third kappa shape index (κ3) is 6.37. The van der Waals surface area contributed by atoms with Crippen molar-refractivity contribution in [3.8, 4) is 0 Å². The summed E-state index contributed by atoms with van der Waals surface area (Å²) in [6, 6.07) is -2.72. The van der Waals surface area contributed by atoms with Crippen LogP contribution in [0.1, 0.15) is 111 Å². The number of fused-ring (bicyclic) bond motifs is 1. The van der Waals surface area contributed by atoms with E-state index in [0.717, 1.165) is 51.4 Å². The Kier molecular flexibility index (Phi) is 8.50. The highest BCUT2D eigenvalue weighted by molar-refractivity contribution is 6.38. The molecule has 0 aromatic rings. The first-order valence-electron chi connectivity index (χ1n) is 17.4. The van der Waals surface area contributed by atoms with Gasteiger partial charge in [0.05, 0.1) is 6.04 Å². The fourth-order valence-corrected chi connectivity index (χ4v) is 9.81. The van der Waals surface area contributed by atoms with E-state index in [9.17, 15) is 24.0 Å². The summed E-state index contributed by atoms with van der Waals surface area (Å²) in [6.07, 6.45) is 12.4. The fraction of sp³-hybridized carbons (Fsp3) is 0.853. The van der Waals surface area contributed by atoms with Crippen molar-refractivity contribution in [2.75, 3.05) is 6.54 Å². The molecule has 4 N–H and O–H groups in total. The van der Waals surface area contributed by atoms with Crippen molar-refractivity contribution >= 4 is 29.5 Å². The van der Waals surface area contributed by atoms with Crippen molar-refractivity contribution in [1.29, 1.82) is 0 Å². The maximum atomic E-state index is 14.4. The summed E-state index contributed by atoms with van der Waals surface area (Å²) in [4.78, 5) is 69.3. The maximum Gasteiger partial charge on any atom is 0.315 e. The van der Waals surface area contributed by atoms with Gasteiger partial charge in [-0.1, -0.05) is 40.5 Å². The van der Waals surface area contributed by atoms with Crippen LogP contribution in [0.3, 0.4) is 0 Å². The number of likely N-dealkylation sites (tertiary alicyclic amines) is 1. The molecule has 7 rings (SSSR count). The fourth-order valence-electron chi connectivity index (χ4n) is 9.81. The highest BCUT2D eigenvalue weighted by atomic mass is 16.2. The summed E-state index contributed by atoms with van der Waals surface area (Å²) < 4.78 is 0. The Morgan fingerprint density at radius 2 is 1.52 bits per heavy atom. The zero-order valence-electron chi connectivity index (χ0n) is 27.1. The largest absolute Gasteiger partial charge is 0.347 e. The van der Waals surface area contributed by atoms with Crippen LogP contribution >= 0.6 is 0 Å². The van der Waals surface area contributed by atoms with Crippen LogP contribution in [0, 0.1) is 35.0 Å². The van der Waals surface area contributed by atoms with Crippen molar-refractivity contribution in [3.05, 3.63) is 0 Å². The molecular formula is C34H53N5O5. The van der Waals surface area contributed by atoms with Crippen molar-refractivity contribution in [1.82, 2.24) is 26.2 Å². The Bertz CT molecular complexity index is 1140. The summed E-state index contributed by atoms with van der Waals surface area (Å²) in [5, 5.41) is 12.1. The molecule has 5 amide bonds. The van der Waals surface area contributed by atoms with Gasteiger partial charge in [0.2, 0.25) is 17.6 Å². The third-order valence-electron chi connectivity index (χ3n) is 11.6. The number of rotatable bonds is 10. The third-order valence-corrected chi connectivity index (χ3v) is 11.6. The van der Waals surface area contributed by atoms with E-state index >= 15 is 0 Å². The molecule has 44 heavy (non-hydrogen) atoms. The lowest BCUT2D eigenvalue weighted by Crippen LogP contribution is -2.65. The molecule has 0 unspecified atom stereocenters. The van der Waals surface area contributed by atoms with Gasteiger partial charge in [-0.2, -0.15) is 0 Å². The lowest BCUT2D eigenvalue weighted by molar-refractivity contribution is -0.144. The lowest BCUT2D eigenvalue weighted by atomic mass is 9.53. The van der Waals surface area contributed by atoms with E-state index in [1.807, 2.05) is 27.7 Å². The molecule has 10 nitrogen and oxygen atoms in total. The lowest BCUT2D eigenvalue weighted by Gasteiger charge is -2.56. The monoisotopic (exact) mass is 611 g/mol. The van der Waals surface area contributed by atoms with Crippen LogP contribution in [-0.2, 0) is 19.2 Å². The Morgan fingerprint density at radius 1 is 0.886 bits per heavy atom. The van der Waals surface area contributed by atoms with E-state index < -0.39 is 35.2 Å². The number of nitrogens with zero attached hydrogens (tertiary/aromatic N) is 1. The molecule has 0 radical (unpaired) electrons. The van der Waals surface area contributed by atoms with Gasteiger partial charge in [0, 0.05) is 18.1 Å². The first-order chi connectivity index (χ1) is 20.9. The molecule has 1 heterocycles. The van der Waals surface area contributed by atoms with Gasteiger partial charge in [0.25, 0.3) is 5.91 Å². The second-order valence-electron chi connectivity index (χ2n) is 16.3. The normalized spacial score (nSPS) is 35.0. The number of urea groups is 1. The molecule has 1 aliphatic heterocycles. The van der Waals surface area contributed by atoms with Crippen molar-refractivity contribution in [3.63, 3.8) is 0 Å². The van der Waals surface area contributed by atoms with Gasteiger partial charge in [0.1, 0.15) is 12.1 Å². The first-order valence-corrected chi connectivity index (χ1v) is 17.4. The zero-order valence-corrected chi connectivity index (χ0v) is 27.1. The number of hydrogen-bond donors (Lipinski definition) is 4. The SMILES string of the molecule is CCC[C@H](NC(=O)[C@@H]1[C@H]2CCC[C@H]2CN1C(=O)[C@@H](NC(=O)NC12CC3CC(CC(C3)C1)C2)C(C)(C)C)C(=O)C(=O)NC1CC1. The van der Waals surface area contributed by atoms with E-state index in [4.69, 9.17) is 0 Å². The molecule has 6 aliphatic carbocycles. The van der Waals surface area contributed by atoms with Crippen LogP contribution in [0.25, 0.3) is 0 Å². The number of carbonyl (C=O) groups excluding carboxylic acids is 5. The minimum Gasteiger partial charge on any atom is -0.347 e. The van der Waals surface area contributed by atoms with Gasteiger partial charge in [-0.05, 0) is 106 Å². The number of ketones is 1. The predicted octanol–water partition coefficient (Wildman–Crippen LogP) is 3.43. The molecule has 1 saturated heterocycles. The van der Waals surface area contributed by atoms with E-state index in [2.05, 4.69) is 21.3 Å². The minimum atomic E-state index is -0.925. The Labute approximate surface area is 262 Å². The van der Waals surface area contributed by atoms with Crippen LogP contribution < -0.4 is 21.3 Å². The summed E-state index contributed by atoms with van der Waals surface area (Å²) in [5.41, 5.74) is -0.764. The maximum absolute atomic E-state index is 14.4. The van der Waals surface area contributed by atoms with Crippen LogP contribution in [0.2, 0.25) is 0 Å². The van der Waals surface area contributed by atoms with Gasteiger partial charge in [0.15, 0.2) is 0 Å². The van der Waals surface area contributed by atoms with Crippen LogP contribution in [0.5, 0.6) is 0 Å². The Balaban J connectivity index is 1.16. The van der Waals surface area contributed by atoms with Gasteiger partial charge in [-0.3, -0.25) is 19.2 Å². The molecule has 0 aromatic carbocycles. The number of Topliss-reactive ketones (excluding diaryl/α,β-unsaturated/α-hetero) is 1. The molecule has 6 saturated carbocycles. The van der Waals surface area contributed by atoms with Crippen LogP contribution in [-0.4, -0.2) is 70.7 Å². The average molecular weight is 612 g/mol. The Hall–Kier alpha value is -2.65. The molecule has 5 atom stereocenters. The van der Waals surface area contributed by atoms with Gasteiger partial charge < -0.3 is 26.2 Å². The quantitative estimate of drug-likeness (QED) is 0.281. The number of amides is 5. The summed E-state index contributed by atoms with van der Waals surface area (Å²) >= 11 is 0. The predicted molar refractivity (Wildman–Crippen MR) is 165 cm³/mol. The van der Waals surface area contributed by atoms with Crippen molar-refractivity contribution < 1.29 is 24.0 Å². The van der Waals surface area contributed by atoms with Gasteiger partial charge in [-0.25, -0.2) is 4.79 Å². The second-order valence-corrected chi connectivity index (χ2v) is 16.3. The van der Waals surface area contributed by atoms with Crippen molar-refractivity contribution in [2.24, 2.45) is 35.0 Å². The molecular weight excluding hydrogens is 558 g/mol. The summed E-state index contributed by atoms with van der Waals surface area (Å²) in [6.45, 7) is 8.21. The topological polar surface area (TPSA) is 137 Å².